The Labute approximate surface area is 217 Å². The molecule has 1 aliphatic heterocycles. The first kappa shape index (κ1) is 27.4. The van der Waals surface area contributed by atoms with Crippen molar-refractivity contribution in [1.82, 2.24) is 9.80 Å². The molecule has 2 aromatic carbocycles. The zero-order valence-electron chi connectivity index (χ0n) is 21.3. The minimum absolute atomic E-state index is 0.0355. The molecule has 1 fully saturated rings. The maximum atomic E-state index is 13.3. The van der Waals surface area contributed by atoms with Gasteiger partial charge in [0.15, 0.2) is 11.5 Å². The van der Waals surface area contributed by atoms with E-state index >= 15 is 0 Å². The summed E-state index contributed by atoms with van der Waals surface area (Å²) in [5, 5.41) is 11.6. The lowest BCUT2D eigenvalue weighted by molar-refractivity contribution is -0.139. The number of nitrogens with zero attached hydrogens (tertiary/aromatic N) is 2. The molecule has 0 spiro atoms. The van der Waals surface area contributed by atoms with Crippen LogP contribution in [0.3, 0.4) is 0 Å². The molecule has 1 saturated heterocycles. The highest BCUT2D eigenvalue weighted by atomic mass is 35.5. The number of Topliss-reactive ketones (excluding diaryl/α,β-unsaturated/α-hetero) is 1. The number of benzene rings is 2. The highest BCUT2D eigenvalue weighted by Crippen LogP contribution is 2.43. The second kappa shape index (κ2) is 12.1. The van der Waals surface area contributed by atoms with Crippen molar-refractivity contribution in [3.05, 3.63) is 58.1 Å². The number of aliphatic hydroxyl groups is 1. The summed E-state index contributed by atoms with van der Waals surface area (Å²) >= 11 is 6.40. The summed E-state index contributed by atoms with van der Waals surface area (Å²) in [6, 6.07) is 9.24. The molecule has 9 heteroatoms. The Kier molecular flexibility index (Phi) is 9.23. The largest absolute Gasteiger partial charge is 0.507 e. The normalized spacial score (nSPS) is 17.1. The lowest BCUT2D eigenvalue weighted by atomic mass is 9.94. The number of carbonyl (C=O) groups is 2. The summed E-state index contributed by atoms with van der Waals surface area (Å²) in [6.45, 7) is 5.63. The van der Waals surface area contributed by atoms with Gasteiger partial charge in [0.1, 0.15) is 11.5 Å². The quantitative estimate of drug-likeness (QED) is 0.267. The van der Waals surface area contributed by atoms with Crippen molar-refractivity contribution in [2.45, 2.75) is 26.3 Å². The first-order valence-electron chi connectivity index (χ1n) is 11.9. The molecule has 1 N–H and O–H groups in total. The smallest absolute Gasteiger partial charge is 0.295 e. The van der Waals surface area contributed by atoms with Crippen LogP contribution in [0.25, 0.3) is 5.76 Å². The van der Waals surface area contributed by atoms with Crippen LogP contribution >= 0.6 is 11.6 Å². The van der Waals surface area contributed by atoms with Crippen LogP contribution in [0, 0.1) is 0 Å². The van der Waals surface area contributed by atoms with Crippen molar-refractivity contribution in [3.63, 3.8) is 0 Å². The second-order valence-corrected chi connectivity index (χ2v) is 8.97. The summed E-state index contributed by atoms with van der Waals surface area (Å²) < 4.78 is 16.7. The predicted octanol–water partition coefficient (Wildman–Crippen LogP) is 4.52. The van der Waals surface area contributed by atoms with E-state index in [4.69, 9.17) is 25.8 Å². The van der Waals surface area contributed by atoms with Gasteiger partial charge in [0, 0.05) is 12.1 Å². The fraction of sp³-hybridized carbons (Fsp3) is 0.407. The maximum Gasteiger partial charge on any atom is 0.295 e. The number of hydrogen-bond donors (Lipinski definition) is 1. The topological polar surface area (TPSA) is 88.5 Å². The van der Waals surface area contributed by atoms with E-state index < -0.39 is 17.7 Å². The Hall–Kier alpha value is -3.23. The molecule has 1 heterocycles. The Bertz CT molecular complexity index is 1150. The van der Waals surface area contributed by atoms with Gasteiger partial charge in [-0.15, -0.1) is 0 Å². The van der Waals surface area contributed by atoms with E-state index in [1.165, 1.54) is 12.0 Å². The Balaban J connectivity index is 2.18. The van der Waals surface area contributed by atoms with E-state index in [0.717, 1.165) is 6.54 Å². The van der Waals surface area contributed by atoms with Gasteiger partial charge in [-0.2, -0.15) is 0 Å². The Morgan fingerprint density at radius 2 is 1.78 bits per heavy atom. The van der Waals surface area contributed by atoms with Crippen molar-refractivity contribution >= 4 is 29.1 Å². The van der Waals surface area contributed by atoms with E-state index in [1.54, 1.807) is 36.4 Å². The van der Waals surface area contributed by atoms with E-state index in [0.29, 0.717) is 49.0 Å². The molecule has 0 bridgehead atoms. The van der Waals surface area contributed by atoms with Gasteiger partial charge in [0.2, 0.25) is 0 Å². The molecular formula is C27H33ClN2O6. The third-order valence-electron chi connectivity index (χ3n) is 5.85. The van der Waals surface area contributed by atoms with Crippen LogP contribution in [0.15, 0.2) is 42.0 Å². The molecule has 36 heavy (non-hydrogen) atoms. The first-order valence-corrected chi connectivity index (χ1v) is 12.3. The van der Waals surface area contributed by atoms with Gasteiger partial charge in [-0.1, -0.05) is 17.7 Å². The summed E-state index contributed by atoms with van der Waals surface area (Å²) in [6.07, 6.45) is 0.644. The fourth-order valence-electron chi connectivity index (χ4n) is 4.23. The lowest BCUT2D eigenvalue weighted by Gasteiger charge is -2.26. The molecule has 0 aliphatic carbocycles. The van der Waals surface area contributed by atoms with Crippen LogP contribution in [-0.4, -0.2) is 74.1 Å². The molecule has 1 unspecified atom stereocenters. The summed E-state index contributed by atoms with van der Waals surface area (Å²) in [5.74, 6) is -0.306. The van der Waals surface area contributed by atoms with Crippen molar-refractivity contribution in [2.24, 2.45) is 0 Å². The number of ketones is 1. The molecule has 194 valence electrons. The number of amides is 1. The standard InChI is InChI=1S/C27H33ClN2O6/c1-6-35-18-10-11-20(28)19(16-18)25(31)23-24(17-9-12-21(36-7-2)22(15-17)34-5)30(27(33)26(23)32)14-8-13-29(3)4/h9-12,15-16,24,31H,6-8,13-14H2,1-5H3/b25-23+. The van der Waals surface area contributed by atoms with Crippen molar-refractivity contribution in [2.75, 3.05) is 47.5 Å². The van der Waals surface area contributed by atoms with Gasteiger partial charge in [-0.25, -0.2) is 0 Å². The van der Waals surface area contributed by atoms with Crippen LogP contribution in [0.2, 0.25) is 5.02 Å². The van der Waals surface area contributed by atoms with Gasteiger partial charge in [0.05, 0.1) is 37.0 Å². The summed E-state index contributed by atoms with van der Waals surface area (Å²) in [4.78, 5) is 30.0. The van der Waals surface area contributed by atoms with Crippen LogP contribution in [0.5, 0.6) is 17.2 Å². The predicted molar refractivity (Wildman–Crippen MR) is 139 cm³/mol. The SMILES string of the molecule is CCOc1ccc(Cl)c(/C(O)=C2\C(=O)C(=O)N(CCCN(C)C)C2c2ccc(OCC)c(OC)c2)c1. The van der Waals surface area contributed by atoms with Crippen molar-refractivity contribution in [3.8, 4) is 17.2 Å². The maximum absolute atomic E-state index is 13.3. The number of ether oxygens (including phenoxy) is 3. The first-order chi connectivity index (χ1) is 17.2. The van der Waals surface area contributed by atoms with Crippen LogP contribution < -0.4 is 14.2 Å². The molecule has 1 aliphatic rings. The number of likely N-dealkylation sites (tertiary alicyclic amines) is 1. The molecule has 0 aromatic heterocycles. The number of carbonyl (C=O) groups excluding carboxylic acids is 2. The minimum Gasteiger partial charge on any atom is -0.507 e. The third-order valence-corrected chi connectivity index (χ3v) is 6.18. The van der Waals surface area contributed by atoms with Crippen LogP contribution in [0.4, 0.5) is 0 Å². The number of aliphatic hydroxyl groups excluding tert-OH is 1. The van der Waals surface area contributed by atoms with Gasteiger partial charge in [-0.3, -0.25) is 9.59 Å². The average Bonchev–Trinajstić information content (AvgIpc) is 3.10. The zero-order valence-corrected chi connectivity index (χ0v) is 22.1. The van der Waals surface area contributed by atoms with Gasteiger partial charge in [-0.05, 0) is 76.8 Å². The van der Waals surface area contributed by atoms with Crippen molar-refractivity contribution < 1.29 is 28.9 Å². The average molecular weight is 517 g/mol. The molecule has 1 atom stereocenters. The van der Waals surface area contributed by atoms with Crippen molar-refractivity contribution in [1.29, 1.82) is 0 Å². The number of halogens is 1. The Morgan fingerprint density at radius 1 is 1.06 bits per heavy atom. The number of methoxy groups -OCH3 is 1. The third kappa shape index (κ3) is 5.77. The fourth-order valence-corrected chi connectivity index (χ4v) is 4.44. The monoisotopic (exact) mass is 516 g/mol. The van der Waals surface area contributed by atoms with Crippen LogP contribution in [-0.2, 0) is 9.59 Å². The van der Waals surface area contributed by atoms with Gasteiger partial charge >= 0.3 is 0 Å². The van der Waals surface area contributed by atoms with Gasteiger partial charge < -0.3 is 29.1 Å². The molecule has 2 aromatic rings. The summed E-state index contributed by atoms with van der Waals surface area (Å²) in [7, 11) is 5.40. The molecule has 0 saturated carbocycles. The Morgan fingerprint density at radius 3 is 2.42 bits per heavy atom. The highest BCUT2D eigenvalue weighted by molar-refractivity contribution is 6.47. The molecule has 1 amide bonds. The van der Waals surface area contributed by atoms with E-state index in [2.05, 4.69) is 0 Å². The molecule has 0 radical (unpaired) electrons. The van der Waals surface area contributed by atoms with E-state index in [9.17, 15) is 14.7 Å². The zero-order chi connectivity index (χ0) is 26.4. The molecular weight excluding hydrogens is 484 g/mol. The van der Waals surface area contributed by atoms with Gasteiger partial charge in [0.25, 0.3) is 11.7 Å². The highest BCUT2D eigenvalue weighted by Gasteiger charge is 2.46. The second-order valence-electron chi connectivity index (χ2n) is 8.57. The summed E-state index contributed by atoms with van der Waals surface area (Å²) in [5.41, 5.74) is 0.793. The van der Waals surface area contributed by atoms with E-state index in [-0.39, 0.29) is 21.9 Å². The number of hydrogen-bond acceptors (Lipinski definition) is 7. The minimum atomic E-state index is -0.830. The van der Waals surface area contributed by atoms with Crippen LogP contribution in [0.1, 0.15) is 37.4 Å². The molecule has 8 nitrogen and oxygen atoms in total. The molecule has 3 rings (SSSR count). The lowest BCUT2D eigenvalue weighted by Crippen LogP contribution is -2.32. The number of rotatable bonds is 11. The van der Waals surface area contributed by atoms with E-state index in [1.807, 2.05) is 32.8 Å².